The number of methoxy groups -OCH3 is 1. The maximum atomic E-state index is 13.4. The van der Waals surface area contributed by atoms with E-state index in [4.69, 9.17) is 14.5 Å². The van der Waals surface area contributed by atoms with Crippen LogP contribution in [0.15, 0.2) is 70.4 Å². The number of benzene rings is 2. The fourth-order valence-corrected chi connectivity index (χ4v) is 4.20. The van der Waals surface area contributed by atoms with E-state index in [2.05, 4.69) is 0 Å². The Kier molecular flexibility index (Phi) is 5.54. The van der Waals surface area contributed by atoms with Gasteiger partial charge in [-0.3, -0.25) is 22.9 Å². The van der Waals surface area contributed by atoms with Gasteiger partial charge >= 0.3 is 5.69 Å². The van der Waals surface area contributed by atoms with E-state index in [1.165, 1.54) is 16.2 Å². The maximum absolute atomic E-state index is 13.4. The molecule has 0 saturated carbocycles. The summed E-state index contributed by atoms with van der Waals surface area (Å²) < 4.78 is 17.0. The zero-order valence-electron chi connectivity index (χ0n) is 19.3. The monoisotopic (exact) mass is 459 g/mol. The summed E-state index contributed by atoms with van der Waals surface area (Å²) in [6.45, 7) is 2.94. The molecule has 0 fully saturated rings. The van der Waals surface area contributed by atoms with Gasteiger partial charge in [-0.05, 0) is 31.2 Å². The van der Waals surface area contributed by atoms with Crippen molar-refractivity contribution in [3.05, 3.63) is 81.6 Å². The van der Waals surface area contributed by atoms with E-state index >= 15 is 0 Å². The van der Waals surface area contributed by atoms with E-state index in [9.17, 15) is 9.59 Å². The Hall–Kier alpha value is -4.11. The lowest BCUT2D eigenvalue weighted by Crippen LogP contribution is -2.40. The summed E-state index contributed by atoms with van der Waals surface area (Å²) >= 11 is 0. The van der Waals surface area contributed by atoms with Crippen LogP contribution in [-0.4, -0.2) is 43.4 Å². The third kappa shape index (κ3) is 3.41. The van der Waals surface area contributed by atoms with Crippen molar-refractivity contribution >= 4 is 16.9 Å². The average molecular weight is 460 g/mol. The van der Waals surface area contributed by atoms with E-state index < -0.39 is 11.2 Å². The van der Waals surface area contributed by atoms with Crippen LogP contribution in [0.4, 0.5) is 0 Å². The second-order valence-corrected chi connectivity index (χ2v) is 7.89. The smallest absolute Gasteiger partial charge is 0.332 e. The number of fused-ring (bicyclic) bond motifs is 3. The largest absolute Gasteiger partial charge is 0.494 e. The van der Waals surface area contributed by atoms with Gasteiger partial charge < -0.3 is 9.47 Å². The van der Waals surface area contributed by atoms with Gasteiger partial charge in [-0.15, -0.1) is 0 Å². The Bertz CT molecular complexity index is 1590. The molecule has 0 saturated heterocycles. The molecule has 9 heteroatoms. The summed E-state index contributed by atoms with van der Waals surface area (Å²) in [5, 5.41) is 0. The molecule has 0 aliphatic carbocycles. The molecule has 0 radical (unpaired) electrons. The van der Waals surface area contributed by atoms with Gasteiger partial charge in [0, 0.05) is 31.6 Å². The number of hydrogen-bond donors (Lipinski definition) is 0. The summed E-state index contributed by atoms with van der Waals surface area (Å²) in [6, 6.07) is 17.6. The molecular formula is C25H25N5O4. The van der Waals surface area contributed by atoms with Crippen molar-refractivity contribution in [2.75, 3.05) is 20.3 Å². The first-order valence-corrected chi connectivity index (χ1v) is 11.1. The average Bonchev–Trinajstić information content (AvgIpc) is 3.41. The van der Waals surface area contributed by atoms with Crippen LogP contribution in [-0.2, 0) is 18.3 Å². The van der Waals surface area contributed by atoms with Crippen molar-refractivity contribution < 1.29 is 9.47 Å². The molecule has 2 aromatic carbocycles. The molecule has 5 aromatic rings. The van der Waals surface area contributed by atoms with E-state index in [0.717, 1.165) is 22.7 Å². The lowest BCUT2D eigenvalue weighted by Gasteiger charge is -2.10. The van der Waals surface area contributed by atoms with Gasteiger partial charge in [0.1, 0.15) is 5.75 Å². The van der Waals surface area contributed by atoms with Crippen LogP contribution in [0.25, 0.3) is 33.9 Å². The van der Waals surface area contributed by atoms with Crippen LogP contribution in [0, 0.1) is 0 Å². The zero-order chi connectivity index (χ0) is 23.8. The van der Waals surface area contributed by atoms with Crippen LogP contribution < -0.4 is 16.0 Å². The summed E-state index contributed by atoms with van der Waals surface area (Å²) in [5.41, 5.74) is 2.55. The Morgan fingerprint density at radius 1 is 1.00 bits per heavy atom. The fourth-order valence-electron chi connectivity index (χ4n) is 4.20. The summed E-state index contributed by atoms with van der Waals surface area (Å²) in [7, 11) is 3.16. The zero-order valence-corrected chi connectivity index (χ0v) is 19.3. The number of aromatic nitrogens is 5. The summed E-state index contributed by atoms with van der Waals surface area (Å²) in [6.07, 6.45) is 1.89. The number of rotatable bonds is 7. The van der Waals surface area contributed by atoms with Gasteiger partial charge in [-0.2, -0.15) is 4.98 Å². The van der Waals surface area contributed by atoms with Crippen molar-refractivity contribution in [3.8, 4) is 22.7 Å². The lowest BCUT2D eigenvalue weighted by atomic mass is 10.1. The number of imidazole rings is 2. The molecule has 5 rings (SSSR count). The molecule has 0 unspecified atom stereocenters. The molecule has 0 N–H and O–H groups in total. The number of nitrogens with zero attached hydrogens (tertiary/aromatic N) is 5. The van der Waals surface area contributed by atoms with E-state index in [0.29, 0.717) is 23.5 Å². The summed E-state index contributed by atoms with van der Waals surface area (Å²) in [4.78, 5) is 31.0. The molecule has 34 heavy (non-hydrogen) atoms. The van der Waals surface area contributed by atoms with Gasteiger partial charge in [-0.25, -0.2) is 4.79 Å². The molecule has 0 bridgehead atoms. The van der Waals surface area contributed by atoms with Crippen molar-refractivity contribution in [2.24, 2.45) is 7.05 Å². The Morgan fingerprint density at radius 3 is 2.41 bits per heavy atom. The topological polar surface area (TPSA) is 84.7 Å². The van der Waals surface area contributed by atoms with Crippen LogP contribution in [0.1, 0.15) is 6.92 Å². The van der Waals surface area contributed by atoms with Crippen molar-refractivity contribution in [1.82, 2.24) is 23.1 Å². The normalized spacial score (nSPS) is 11.5. The Balaban J connectivity index is 1.84. The SMILES string of the molecule is CCOc1ccc(-n2c(-c3ccccc3)cn3c4c(=O)n(CCOC)c(=O)n(C)c4nc23)cc1. The highest BCUT2D eigenvalue weighted by molar-refractivity contribution is 5.79. The highest BCUT2D eigenvalue weighted by Crippen LogP contribution is 2.29. The van der Waals surface area contributed by atoms with Crippen LogP contribution in [0.2, 0.25) is 0 Å². The van der Waals surface area contributed by atoms with Crippen LogP contribution >= 0.6 is 0 Å². The first-order chi connectivity index (χ1) is 16.5. The van der Waals surface area contributed by atoms with Crippen LogP contribution in [0.5, 0.6) is 5.75 Å². The first kappa shape index (κ1) is 21.7. The molecule has 0 aliphatic heterocycles. The first-order valence-electron chi connectivity index (χ1n) is 11.1. The lowest BCUT2D eigenvalue weighted by molar-refractivity contribution is 0.184. The minimum Gasteiger partial charge on any atom is -0.494 e. The second-order valence-electron chi connectivity index (χ2n) is 7.89. The minimum absolute atomic E-state index is 0.163. The highest BCUT2D eigenvalue weighted by atomic mass is 16.5. The molecule has 3 heterocycles. The standard InChI is InChI=1S/C25H25N5O4/c1-4-34-19-12-10-18(11-13-19)30-20(17-8-6-5-7-9-17)16-29-21-22(26-24(29)30)27(2)25(32)28(23(21)31)14-15-33-3/h5-13,16H,4,14-15H2,1-3H3. The van der Waals surface area contributed by atoms with E-state index in [1.807, 2.05) is 72.3 Å². The minimum atomic E-state index is -0.425. The van der Waals surface area contributed by atoms with Crippen molar-refractivity contribution in [2.45, 2.75) is 13.5 Å². The number of ether oxygens (including phenoxy) is 2. The molecule has 0 amide bonds. The maximum Gasteiger partial charge on any atom is 0.332 e. The van der Waals surface area contributed by atoms with Gasteiger partial charge in [0.15, 0.2) is 11.2 Å². The molecule has 0 spiro atoms. The number of hydrogen-bond acceptors (Lipinski definition) is 5. The number of aryl methyl sites for hydroxylation is 1. The Labute approximate surface area is 195 Å². The fraction of sp³-hybridized carbons (Fsp3) is 0.240. The van der Waals surface area contributed by atoms with Gasteiger partial charge in [0.05, 0.1) is 25.5 Å². The predicted octanol–water partition coefficient (Wildman–Crippen LogP) is 2.85. The van der Waals surface area contributed by atoms with Crippen LogP contribution in [0.3, 0.4) is 0 Å². The molecular weight excluding hydrogens is 434 g/mol. The highest BCUT2D eigenvalue weighted by Gasteiger charge is 2.22. The Morgan fingerprint density at radius 2 is 1.74 bits per heavy atom. The van der Waals surface area contributed by atoms with Gasteiger partial charge in [0.25, 0.3) is 5.56 Å². The molecule has 0 aliphatic rings. The molecule has 9 nitrogen and oxygen atoms in total. The quantitative estimate of drug-likeness (QED) is 0.374. The van der Waals surface area contributed by atoms with Crippen molar-refractivity contribution in [3.63, 3.8) is 0 Å². The van der Waals surface area contributed by atoms with Crippen molar-refractivity contribution in [1.29, 1.82) is 0 Å². The molecule has 0 atom stereocenters. The van der Waals surface area contributed by atoms with Gasteiger partial charge in [-0.1, -0.05) is 30.3 Å². The van der Waals surface area contributed by atoms with E-state index in [1.54, 1.807) is 11.4 Å². The van der Waals surface area contributed by atoms with E-state index in [-0.39, 0.29) is 13.2 Å². The third-order valence-corrected chi connectivity index (χ3v) is 5.84. The molecule has 174 valence electrons. The third-order valence-electron chi connectivity index (χ3n) is 5.84. The van der Waals surface area contributed by atoms with Gasteiger partial charge in [0.2, 0.25) is 5.78 Å². The summed E-state index contributed by atoms with van der Waals surface area (Å²) in [5.74, 6) is 1.31. The predicted molar refractivity (Wildman–Crippen MR) is 130 cm³/mol. The molecule has 3 aromatic heterocycles. The second kappa shape index (κ2) is 8.68.